The monoisotopic (exact) mass is 367 g/mol. The van der Waals surface area contributed by atoms with Crippen LogP contribution in [-0.2, 0) is 5.72 Å². The highest BCUT2D eigenvalue weighted by molar-refractivity contribution is 5.96. The van der Waals surface area contributed by atoms with Crippen molar-refractivity contribution in [2.24, 2.45) is 0 Å². The van der Waals surface area contributed by atoms with Crippen LogP contribution in [0.1, 0.15) is 31.7 Å². The highest BCUT2D eigenvalue weighted by Gasteiger charge is 2.52. The van der Waals surface area contributed by atoms with E-state index in [0.29, 0.717) is 13.2 Å². The number of hydrogen-bond acceptors (Lipinski definition) is 4. The number of β-amino-alcohol motifs (C(OH)–C–C–N with tert-alkyl or cyclic N) is 1. The van der Waals surface area contributed by atoms with Gasteiger partial charge in [-0.05, 0) is 68.3 Å². The fourth-order valence-corrected chi connectivity index (χ4v) is 4.13. The van der Waals surface area contributed by atoms with E-state index in [1.165, 1.54) is 5.84 Å². The molecule has 0 aromatic heterocycles. The topological polar surface area (TPSA) is 44.9 Å². The van der Waals surface area contributed by atoms with E-state index in [0.717, 1.165) is 48.6 Å². The molecule has 0 radical (unpaired) electrons. The molecule has 1 unspecified atom stereocenters. The van der Waals surface area contributed by atoms with E-state index in [2.05, 4.69) is 21.6 Å². The van der Waals surface area contributed by atoms with Gasteiger partial charge >= 0.3 is 0 Å². The number of amidine groups is 1. The zero-order chi connectivity index (χ0) is 18.9. The number of aliphatic hydroxyl groups is 1. The van der Waals surface area contributed by atoms with Gasteiger partial charge in [0.2, 0.25) is 0 Å². The Morgan fingerprint density at radius 1 is 1.04 bits per heavy atom. The van der Waals surface area contributed by atoms with Gasteiger partial charge < -0.3 is 14.6 Å². The SMILES string of the molecule is CCOc1ccc(C2(O)CN(c3ccc(OC)cc3)C3=[N+]2CCCC3)cc1. The van der Waals surface area contributed by atoms with Gasteiger partial charge in [0.1, 0.15) is 17.2 Å². The molecule has 5 nitrogen and oxygen atoms in total. The smallest absolute Gasteiger partial charge is 0.271 e. The fourth-order valence-electron chi connectivity index (χ4n) is 4.13. The van der Waals surface area contributed by atoms with Crippen LogP contribution in [0.5, 0.6) is 11.5 Å². The molecule has 1 atom stereocenters. The Kier molecular flexibility index (Phi) is 4.79. The minimum absolute atomic E-state index is 0.517. The molecule has 0 saturated carbocycles. The first-order chi connectivity index (χ1) is 13.2. The summed E-state index contributed by atoms with van der Waals surface area (Å²) in [6.07, 6.45) is 3.22. The molecule has 2 aromatic carbocycles. The van der Waals surface area contributed by atoms with Crippen molar-refractivity contribution in [3.8, 4) is 11.5 Å². The van der Waals surface area contributed by atoms with Crippen LogP contribution in [-0.4, -0.2) is 42.3 Å². The largest absolute Gasteiger partial charge is 0.497 e. The average Bonchev–Trinajstić information content (AvgIpc) is 3.03. The first-order valence-corrected chi connectivity index (χ1v) is 9.66. The molecule has 2 aliphatic heterocycles. The predicted octanol–water partition coefficient (Wildman–Crippen LogP) is 3.35. The number of ether oxygens (including phenoxy) is 2. The zero-order valence-corrected chi connectivity index (χ0v) is 16.0. The van der Waals surface area contributed by atoms with Crippen molar-refractivity contribution >= 4 is 11.5 Å². The summed E-state index contributed by atoms with van der Waals surface area (Å²) in [5.74, 6) is 2.87. The molecule has 0 amide bonds. The first kappa shape index (κ1) is 17.9. The van der Waals surface area contributed by atoms with Gasteiger partial charge in [0, 0.05) is 12.0 Å². The molecule has 1 N–H and O–H groups in total. The highest BCUT2D eigenvalue weighted by atomic mass is 16.5. The summed E-state index contributed by atoms with van der Waals surface area (Å²) in [7, 11) is 1.67. The van der Waals surface area contributed by atoms with Crippen LogP contribution in [0.25, 0.3) is 0 Å². The number of methoxy groups -OCH3 is 1. The number of benzene rings is 2. The molecule has 142 valence electrons. The van der Waals surface area contributed by atoms with Gasteiger partial charge in [-0.25, -0.2) is 9.48 Å². The summed E-state index contributed by atoms with van der Waals surface area (Å²) in [6, 6.07) is 15.9. The Morgan fingerprint density at radius 2 is 1.74 bits per heavy atom. The van der Waals surface area contributed by atoms with Crippen LogP contribution >= 0.6 is 0 Å². The molecular weight excluding hydrogens is 340 g/mol. The lowest BCUT2D eigenvalue weighted by Gasteiger charge is -2.24. The molecule has 0 bridgehead atoms. The fraction of sp³-hybridized carbons (Fsp3) is 0.409. The third-order valence-corrected chi connectivity index (χ3v) is 5.49. The van der Waals surface area contributed by atoms with Gasteiger partial charge in [-0.1, -0.05) is 0 Å². The molecule has 0 saturated heterocycles. The van der Waals surface area contributed by atoms with E-state index < -0.39 is 5.72 Å². The van der Waals surface area contributed by atoms with Crippen LogP contribution in [0.4, 0.5) is 5.69 Å². The molecule has 0 spiro atoms. The first-order valence-electron chi connectivity index (χ1n) is 9.66. The minimum atomic E-state index is -1.03. The van der Waals surface area contributed by atoms with Crippen molar-refractivity contribution < 1.29 is 19.2 Å². The molecule has 0 fully saturated rings. The van der Waals surface area contributed by atoms with Gasteiger partial charge in [-0.15, -0.1) is 0 Å². The summed E-state index contributed by atoms with van der Waals surface area (Å²) in [5, 5.41) is 11.7. The van der Waals surface area contributed by atoms with E-state index >= 15 is 0 Å². The van der Waals surface area contributed by atoms with Gasteiger partial charge in [0.05, 0.1) is 20.3 Å². The van der Waals surface area contributed by atoms with Crippen molar-refractivity contribution in [1.29, 1.82) is 0 Å². The van der Waals surface area contributed by atoms with Crippen molar-refractivity contribution in [2.75, 3.05) is 31.7 Å². The van der Waals surface area contributed by atoms with E-state index in [4.69, 9.17) is 9.47 Å². The Morgan fingerprint density at radius 3 is 2.41 bits per heavy atom. The maximum Gasteiger partial charge on any atom is 0.271 e. The molecule has 5 heteroatoms. The van der Waals surface area contributed by atoms with Crippen LogP contribution in [0.15, 0.2) is 48.5 Å². The number of rotatable bonds is 5. The lowest BCUT2D eigenvalue weighted by atomic mass is 10.0. The molecule has 2 aromatic rings. The third-order valence-electron chi connectivity index (χ3n) is 5.49. The van der Waals surface area contributed by atoms with Crippen LogP contribution in [0.3, 0.4) is 0 Å². The zero-order valence-electron chi connectivity index (χ0n) is 16.0. The Labute approximate surface area is 160 Å². The third kappa shape index (κ3) is 3.16. The molecule has 2 heterocycles. The molecule has 0 aliphatic carbocycles. The van der Waals surface area contributed by atoms with Gasteiger partial charge in [-0.2, -0.15) is 0 Å². The minimum Gasteiger partial charge on any atom is -0.497 e. The predicted molar refractivity (Wildman–Crippen MR) is 106 cm³/mol. The summed E-state index contributed by atoms with van der Waals surface area (Å²) in [5.41, 5.74) is 0.960. The lowest BCUT2D eigenvalue weighted by molar-refractivity contribution is -0.661. The van der Waals surface area contributed by atoms with Gasteiger partial charge in [-0.3, -0.25) is 0 Å². The number of nitrogens with zero attached hydrogens (tertiary/aromatic N) is 2. The second kappa shape index (κ2) is 7.24. The van der Waals surface area contributed by atoms with Crippen molar-refractivity contribution in [3.63, 3.8) is 0 Å². The molecule has 2 aliphatic rings. The van der Waals surface area contributed by atoms with Crippen LogP contribution in [0.2, 0.25) is 0 Å². The summed E-state index contributed by atoms with van der Waals surface area (Å²) in [4.78, 5) is 2.25. The van der Waals surface area contributed by atoms with E-state index in [1.54, 1.807) is 7.11 Å². The maximum atomic E-state index is 11.7. The number of anilines is 1. The Bertz CT molecular complexity index is 830. The lowest BCUT2D eigenvalue weighted by Crippen LogP contribution is -2.41. The van der Waals surface area contributed by atoms with E-state index in [9.17, 15) is 5.11 Å². The summed E-state index contributed by atoms with van der Waals surface area (Å²) < 4.78 is 13.0. The van der Waals surface area contributed by atoms with Crippen molar-refractivity contribution in [3.05, 3.63) is 54.1 Å². The van der Waals surface area contributed by atoms with E-state index in [1.807, 2.05) is 43.3 Å². The van der Waals surface area contributed by atoms with Gasteiger partial charge in [0.25, 0.3) is 11.6 Å². The van der Waals surface area contributed by atoms with E-state index in [-0.39, 0.29) is 0 Å². The highest BCUT2D eigenvalue weighted by Crippen LogP contribution is 2.36. The summed E-state index contributed by atoms with van der Waals surface area (Å²) >= 11 is 0. The number of hydrogen-bond donors (Lipinski definition) is 1. The molecule has 27 heavy (non-hydrogen) atoms. The van der Waals surface area contributed by atoms with Crippen LogP contribution in [0, 0.1) is 0 Å². The van der Waals surface area contributed by atoms with Crippen molar-refractivity contribution in [2.45, 2.75) is 31.9 Å². The summed E-state index contributed by atoms with van der Waals surface area (Å²) in [6.45, 7) is 3.99. The maximum absolute atomic E-state index is 11.7. The normalized spacial score (nSPS) is 22.0. The van der Waals surface area contributed by atoms with Gasteiger partial charge in [0.15, 0.2) is 6.54 Å². The average molecular weight is 367 g/mol. The molecule has 4 rings (SSSR count). The second-order valence-corrected chi connectivity index (χ2v) is 7.08. The second-order valence-electron chi connectivity index (χ2n) is 7.08. The van der Waals surface area contributed by atoms with Crippen LogP contribution < -0.4 is 14.4 Å². The van der Waals surface area contributed by atoms with Crippen molar-refractivity contribution in [1.82, 2.24) is 0 Å². The Balaban J connectivity index is 1.70. The standard InChI is InChI=1S/C22H27N2O3/c1-3-27-20-11-7-17(8-12-20)22(25)16-23(21-6-4-5-15-24(21)22)18-9-13-19(26-2)14-10-18/h7-14,25H,3-6,15-16H2,1-2H3/q+1. The molecular formula is C22H27N2O3+. The Hall–Kier alpha value is -2.53. The quantitative estimate of drug-likeness (QED) is 0.823.